The number of pyridine rings is 1. The van der Waals surface area contributed by atoms with Crippen LogP contribution in [-0.4, -0.2) is 4.57 Å². The first-order chi connectivity index (χ1) is 8.13. The van der Waals surface area contributed by atoms with E-state index in [0.29, 0.717) is 16.3 Å². The van der Waals surface area contributed by atoms with Crippen LogP contribution in [-0.2, 0) is 0 Å². The maximum Gasteiger partial charge on any atom is 0.273 e. The maximum atomic E-state index is 12.0. The molecule has 0 aliphatic heterocycles. The number of hydrogen-bond donors (Lipinski definition) is 0. The highest BCUT2D eigenvalue weighted by Crippen LogP contribution is 2.14. The minimum atomic E-state index is -0.324. The standard InChI is InChI=1S/C13H9ClN2O/c1-9-5-6-16(13(17)12(9)8-15)11-4-2-3-10(14)7-11/h2-7H,1H3. The minimum Gasteiger partial charge on any atom is -0.283 e. The summed E-state index contributed by atoms with van der Waals surface area (Å²) in [4.78, 5) is 12.0. The van der Waals surface area contributed by atoms with Crippen molar-refractivity contribution in [3.8, 4) is 11.8 Å². The molecule has 0 radical (unpaired) electrons. The lowest BCUT2D eigenvalue weighted by atomic mass is 10.1. The first-order valence-electron chi connectivity index (χ1n) is 5.02. The van der Waals surface area contributed by atoms with Crippen LogP contribution in [0.25, 0.3) is 5.69 Å². The van der Waals surface area contributed by atoms with Gasteiger partial charge in [-0.05, 0) is 36.8 Å². The number of aryl methyl sites for hydroxylation is 1. The molecule has 84 valence electrons. The molecular formula is C13H9ClN2O. The van der Waals surface area contributed by atoms with Gasteiger partial charge in [0, 0.05) is 11.2 Å². The van der Waals surface area contributed by atoms with E-state index in [9.17, 15) is 4.79 Å². The monoisotopic (exact) mass is 244 g/mol. The smallest absolute Gasteiger partial charge is 0.273 e. The van der Waals surface area contributed by atoms with E-state index >= 15 is 0 Å². The number of benzene rings is 1. The number of rotatable bonds is 1. The van der Waals surface area contributed by atoms with Crippen molar-refractivity contribution < 1.29 is 0 Å². The molecule has 0 N–H and O–H groups in total. The molecule has 1 aromatic carbocycles. The summed E-state index contributed by atoms with van der Waals surface area (Å²) in [6.07, 6.45) is 1.64. The van der Waals surface area contributed by atoms with Gasteiger partial charge in [-0.1, -0.05) is 17.7 Å². The lowest BCUT2D eigenvalue weighted by Crippen LogP contribution is -2.21. The van der Waals surface area contributed by atoms with E-state index in [4.69, 9.17) is 16.9 Å². The number of halogens is 1. The Morgan fingerprint density at radius 2 is 2.12 bits per heavy atom. The summed E-state index contributed by atoms with van der Waals surface area (Å²) in [5.41, 5.74) is 1.16. The van der Waals surface area contributed by atoms with Gasteiger partial charge in [-0.2, -0.15) is 5.26 Å². The number of nitrogens with zero attached hydrogens (tertiary/aromatic N) is 2. The van der Waals surface area contributed by atoms with Crippen molar-refractivity contribution >= 4 is 11.6 Å². The van der Waals surface area contributed by atoms with E-state index in [-0.39, 0.29) is 11.1 Å². The molecule has 17 heavy (non-hydrogen) atoms. The third-order valence-electron chi connectivity index (χ3n) is 2.50. The Morgan fingerprint density at radius 1 is 1.35 bits per heavy atom. The van der Waals surface area contributed by atoms with Crippen molar-refractivity contribution in [2.75, 3.05) is 0 Å². The molecule has 0 spiro atoms. The van der Waals surface area contributed by atoms with Crippen LogP contribution in [0.3, 0.4) is 0 Å². The van der Waals surface area contributed by atoms with Crippen molar-refractivity contribution in [3.63, 3.8) is 0 Å². The molecule has 0 fully saturated rings. The summed E-state index contributed by atoms with van der Waals surface area (Å²) >= 11 is 5.87. The van der Waals surface area contributed by atoms with Gasteiger partial charge in [-0.3, -0.25) is 9.36 Å². The summed E-state index contributed by atoms with van der Waals surface area (Å²) in [5.74, 6) is 0. The zero-order chi connectivity index (χ0) is 12.4. The molecule has 0 aliphatic rings. The lowest BCUT2D eigenvalue weighted by Gasteiger charge is -2.07. The quantitative estimate of drug-likeness (QED) is 0.774. The number of hydrogen-bond acceptors (Lipinski definition) is 2. The highest BCUT2D eigenvalue weighted by atomic mass is 35.5. The van der Waals surface area contributed by atoms with Crippen LogP contribution in [0.4, 0.5) is 0 Å². The van der Waals surface area contributed by atoms with Gasteiger partial charge in [0.25, 0.3) is 5.56 Å². The molecule has 0 atom stereocenters. The Labute approximate surface area is 104 Å². The van der Waals surface area contributed by atoms with E-state index in [0.717, 1.165) is 0 Å². The van der Waals surface area contributed by atoms with Gasteiger partial charge in [0.15, 0.2) is 0 Å². The van der Waals surface area contributed by atoms with Crippen molar-refractivity contribution in [3.05, 3.63) is 63.0 Å². The van der Waals surface area contributed by atoms with Crippen LogP contribution in [0.1, 0.15) is 11.1 Å². The fourth-order valence-corrected chi connectivity index (χ4v) is 1.78. The van der Waals surface area contributed by atoms with Crippen LogP contribution in [0.5, 0.6) is 0 Å². The second-order valence-electron chi connectivity index (χ2n) is 3.64. The van der Waals surface area contributed by atoms with E-state index < -0.39 is 0 Å². The molecule has 0 aliphatic carbocycles. The number of aromatic nitrogens is 1. The molecule has 0 bridgehead atoms. The largest absolute Gasteiger partial charge is 0.283 e. The summed E-state index contributed by atoms with van der Waals surface area (Å²) < 4.78 is 1.41. The van der Waals surface area contributed by atoms with Crippen molar-refractivity contribution in [1.82, 2.24) is 4.57 Å². The molecule has 0 unspecified atom stereocenters. The molecule has 2 aromatic rings. The molecule has 4 heteroatoms. The Bertz CT molecular complexity index is 668. The summed E-state index contributed by atoms with van der Waals surface area (Å²) in [5, 5.41) is 9.49. The van der Waals surface area contributed by atoms with Gasteiger partial charge in [0.05, 0.1) is 5.69 Å². The van der Waals surface area contributed by atoms with E-state index in [1.54, 1.807) is 43.5 Å². The average Bonchev–Trinajstić information content (AvgIpc) is 2.29. The average molecular weight is 245 g/mol. The second-order valence-corrected chi connectivity index (χ2v) is 4.08. The van der Waals surface area contributed by atoms with E-state index in [1.165, 1.54) is 4.57 Å². The SMILES string of the molecule is Cc1ccn(-c2cccc(Cl)c2)c(=O)c1C#N. The van der Waals surface area contributed by atoms with Gasteiger partial charge in [-0.25, -0.2) is 0 Å². The van der Waals surface area contributed by atoms with Gasteiger partial charge >= 0.3 is 0 Å². The lowest BCUT2D eigenvalue weighted by molar-refractivity contribution is 0.973. The molecule has 3 nitrogen and oxygen atoms in total. The fourth-order valence-electron chi connectivity index (χ4n) is 1.59. The summed E-state index contributed by atoms with van der Waals surface area (Å²) in [7, 11) is 0. The second kappa shape index (κ2) is 4.44. The number of nitriles is 1. The first-order valence-corrected chi connectivity index (χ1v) is 5.39. The van der Waals surface area contributed by atoms with Gasteiger partial charge in [0.1, 0.15) is 11.6 Å². The van der Waals surface area contributed by atoms with Crippen LogP contribution in [0.15, 0.2) is 41.3 Å². The molecule has 0 amide bonds. The molecule has 0 saturated carbocycles. The van der Waals surface area contributed by atoms with Gasteiger partial charge < -0.3 is 0 Å². The third-order valence-corrected chi connectivity index (χ3v) is 2.73. The Hall–Kier alpha value is -2.05. The van der Waals surface area contributed by atoms with Crippen molar-refractivity contribution in [2.45, 2.75) is 6.92 Å². The Balaban J connectivity index is 2.71. The summed E-state index contributed by atoms with van der Waals surface area (Å²) in [6.45, 7) is 1.74. The molecule has 2 rings (SSSR count). The van der Waals surface area contributed by atoms with E-state index in [2.05, 4.69) is 0 Å². The topological polar surface area (TPSA) is 45.8 Å². The molecule has 1 aromatic heterocycles. The van der Waals surface area contributed by atoms with Gasteiger partial charge in [0.2, 0.25) is 0 Å². The minimum absolute atomic E-state index is 0.160. The summed E-state index contributed by atoms with van der Waals surface area (Å²) in [6, 6.07) is 10.6. The normalized spacial score (nSPS) is 9.94. The Kier molecular flexibility index (Phi) is 2.99. The maximum absolute atomic E-state index is 12.0. The molecular weight excluding hydrogens is 236 g/mol. The van der Waals surface area contributed by atoms with E-state index in [1.807, 2.05) is 6.07 Å². The van der Waals surface area contributed by atoms with Crippen molar-refractivity contribution in [1.29, 1.82) is 5.26 Å². The Morgan fingerprint density at radius 3 is 2.76 bits per heavy atom. The predicted molar refractivity (Wildman–Crippen MR) is 66.5 cm³/mol. The first kappa shape index (κ1) is 11.4. The highest BCUT2D eigenvalue weighted by Gasteiger charge is 2.07. The van der Waals surface area contributed by atoms with Crippen LogP contribution < -0.4 is 5.56 Å². The van der Waals surface area contributed by atoms with Crippen molar-refractivity contribution in [2.24, 2.45) is 0 Å². The molecule has 1 heterocycles. The van der Waals surface area contributed by atoms with Gasteiger partial charge in [-0.15, -0.1) is 0 Å². The third kappa shape index (κ3) is 2.08. The van der Waals surface area contributed by atoms with Crippen LogP contribution >= 0.6 is 11.6 Å². The zero-order valence-corrected chi connectivity index (χ0v) is 9.90. The predicted octanol–water partition coefficient (Wildman–Crippen LogP) is 2.67. The zero-order valence-electron chi connectivity index (χ0n) is 9.14. The van der Waals surface area contributed by atoms with Crippen LogP contribution in [0.2, 0.25) is 5.02 Å². The highest BCUT2D eigenvalue weighted by molar-refractivity contribution is 6.30. The fraction of sp³-hybridized carbons (Fsp3) is 0.0769. The van der Waals surface area contributed by atoms with Crippen LogP contribution in [0, 0.1) is 18.3 Å². The molecule has 0 saturated heterocycles.